The van der Waals surface area contributed by atoms with Gasteiger partial charge in [0.2, 0.25) is 0 Å². The van der Waals surface area contributed by atoms with E-state index in [0.29, 0.717) is 0 Å². The molecule has 2 aromatic heterocycles. The Morgan fingerprint density at radius 2 is 1.59 bits per heavy atom. The zero-order valence-electron chi connectivity index (χ0n) is 11.8. The average Bonchev–Trinajstić information content (AvgIpc) is 3.17. The van der Waals surface area contributed by atoms with E-state index in [1.807, 2.05) is 22.6 Å². The molecule has 2 heterocycles. The molecule has 22 heavy (non-hydrogen) atoms. The summed E-state index contributed by atoms with van der Waals surface area (Å²) in [6.07, 6.45) is 1.73. The minimum absolute atomic E-state index is 0.00695. The molecule has 0 unspecified atom stereocenters. The Labute approximate surface area is 132 Å². The van der Waals surface area contributed by atoms with Crippen molar-refractivity contribution in [3.05, 3.63) is 71.9 Å². The third-order valence-electron chi connectivity index (χ3n) is 3.77. The van der Waals surface area contributed by atoms with Gasteiger partial charge in [-0.1, -0.05) is 54.6 Å². The van der Waals surface area contributed by atoms with Crippen LogP contribution in [0.3, 0.4) is 0 Å². The monoisotopic (exact) mass is 306 g/mol. The molecule has 0 saturated heterocycles. The fourth-order valence-electron chi connectivity index (χ4n) is 2.64. The van der Waals surface area contributed by atoms with Crippen molar-refractivity contribution in [3.63, 3.8) is 0 Å². The Morgan fingerprint density at radius 3 is 2.32 bits per heavy atom. The van der Waals surface area contributed by atoms with Crippen LogP contribution >= 0.6 is 11.3 Å². The molecule has 0 fully saturated rings. The number of aliphatic hydroxyl groups excluding tert-OH is 1. The molecule has 4 aromatic rings. The molecular formula is C18H14N2OS. The van der Waals surface area contributed by atoms with Gasteiger partial charge in [-0.25, -0.2) is 4.98 Å². The van der Waals surface area contributed by atoms with E-state index in [9.17, 15) is 5.11 Å². The number of hydrogen-bond acceptors (Lipinski definition) is 3. The van der Waals surface area contributed by atoms with Gasteiger partial charge in [0.15, 0.2) is 4.96 Å². The van der Waals surface area contributed by atoms with E-state index in [1.165, 1.54) is 11.1 Å². The number of aromatic nitrogens is 2. The quantitative estimate of drug-likeness (QED) is 0.615. The van der Waals surface area contributed by atoms with Crippen LogP contribution in [0.5, 0.6) is 0 Å². The summed E-state index contributed by atoms with van der Waals surface area (Å²) in [5, 5.41) is 11.5. The molecule has 2 aromatic carbocycles. The summed E-state index contributed by atoms with van der Waals surface area (Å²) in [6.45, 7) is -0.00695. The van der Waals surface area contributed by atoms with Crippen molar-refractivity contribution in [1.82, 2.24) is 9.38 Å². The Morgan fingerprint density at radius 1 is 0.909 bits per heavy atom. The Bertz CT molecular complexity index is 907. The predicted octanol–water partition coefficient (Wildman–Crippen LogP) is 4.22. The molecule has 4 heteroatoms. The molecule has 4 rings (SSSR count). The summed E-state index contributed by atoms with van der Waals surface area (Å²) in [6, 6.07) is 18.8. The Kier molecular flexibility index (Phi) is 3.25. The average molecular weight is 306 g/mol. The second kappa shape index (κ2) is 5.40. The molecule has 0 radical (unpaired) electrons. The van der Waals surface area contributed by atoms with Gasteiger partial charge in [0.05, 0.1) is 24.2 Å². The van der Waals surface area contributed by atoms with Crippen molar-refractivity contribution in [2.75, 3.05) is 0 Å². The smallest absolute Gasteiger partial charge is 0.194 e. The zero-order valence-corrected chi connectivity index (χ0v) is 12.6. The third kappa shape index (κ3) is 2.13. The molecule has 0 saturated carbocycles. The maximum absolute atomic E-state index is 9.45. The first-order valence-corrected chi connectivity index (χ1v) is 7.95. The van der Waals surface area contributed by atoms with E-state index in [0.717, 1.165) is 21.9 Å². The van der Waals surface area contributed by atoms with E-state index >= 15 is 0 Å². The van der Waals surface area contributed by atoms with Gasteiger partial charge in [-0.3, -0.25) is 4.40 Å². The fourth-order valence-corrected chi connectivity index (χ4v) is 3.54. The van der Waals surface area contributed by atoms with E-state index in [-0.39, 0.29) is 6.61 Å². The molecule has 0 spiro atoms. The van der Waals surface area contributed by atoms with Crippen LogP contribution in [-0.2, 0) is 6.61 Å². The van der Waals surface area contributed by atoms with Gasteiger partial charge in [0.25, 0.3) is 0 Å². The lowest BCUT2D eigenvalue weighted by Crippen LogP contribution is -1.92. The Hall–Kier alpha value is -2.43. The first kappa shape index (κ1) is 13.2. The number of hydrogen-bond donors (Lipinski definition) is 1. The molecule has 0 aliphatic rings. The standard InChI is InChI=1S/C18H14N2OS/c21-11-16-10-19-18-20(16)17(12-22-18)15-8-6-14(7-9-15)13-4-2-1-3-5-13/h1-10,12,21H,11H2. The van der Waals surface area contributed by atoms with Gasteiger partial charge in [-0.05, 0) is 16.7 Å². The number of aliphatic hydroxyl groups is 1. The molecule has 0 aliphatic heterocycles. The lowest BCUT2D eigenvalue weighted by atomic mass is 10.0. The van der Waals surface area contributed by atoms with Crippen LogP contribution in [0.15, 0.2) is 66.2 Å². The molecule has 0 atom stereocenters. The van der Waals surface area contributed by atoms with Gasteiger partial charge in [-0.15, -0.1) is 11.3 Å². The highest BCUT2D eigenvalue weighted by atomic mass is 32.1. The second-order valence-electron chi connectivity index (χ2n) is 5.09. The molecule has 1 N–H and O–H groups in total. The topological polar surface area (TPSA) is 37.5 Å². The van der Waals surface area contributed by atoms with Gasteiger partial charge in [-0.2, -0.15) is 0 Å². The van der Waals surface area contributed by atoms with Crippen molar-refractivity contribution in [1.29, 1.82) is 0 Å². The summed E-state index contributed by atoms with van der Waals surface area (Å²) in [5.74, 6) is 0. The molecular weight excluding hydrogens is 292 g/mol. The predicted molar refractivity (Wildman–Crippen MR) is 89.9 cm³/mol. The van der Waals surface area contributed by atoms with Crippen LogP contribution in [-0.4, -0.2) is 14.5 Å². The van der Waals surface area contributed by atoms with Crippen molar-refractivity contribution in [3.8, 4) is 22.4 Å². The molecule has 108 valence electrons. The van der Waals surface area contributed by atoms with Crippen LogP contribution in [0.1, 0.15) is 5.69 Å². The van der Waals surface area contributed by atoms with Crippen LogP contribution in [0.2, 0.25) is 0 Å². The highest BCUT2D eigenvalue weighted by Crippen LogP contribution is 2.29. The van der Waals surface area contributed by atoms with Crippen molar-refractivity contribution >= 4 is 16.3 Å². The summed E-state index contributed by atoms with van der Waals surface area (Å²) in [7, 11) is 0. The van der Waals surface area contributed by atoms with Crippen molar-refractivity contribution < 1.29 is 5.11 Å². The van der Waals surface area contributed by atoms with Crippen LogP contribution in [0.4, 0.5) is 0 Å². The molecule has 0 aliphatic carbocycles. The lowest BCUT2D eigenvalue weighted by molar-refractivity contribution is 0.276. The lowest BCUT2D eigenvalue weighted by Gasteiger charge is -2.05. The van der Waals surface area contributed by atoms with E-state index < -0.39 is 0 Å². The summed E-state index contributed by atoms with van der Waals surface area (Å²) in [5.41, 5.74) is 5.42. The highest BCUT2D eigenvalue weighted by Gasteiger charge is 2.11. The van der Waals surface area contributed by atoms with E-state index in [2.05, 4.69) is 46.8 Å². The van der Waals surface area contributed by atoms with E-state index in [4.69, 9.17) is 0 Å². The maximum atomic E-state index is 9.45. The number of fused-ring (bicyclic) bond motifs is 1. The summed E-state index contributed by atoms with van der Waals surface area (Å²) >= 11 is 1.59. The number of rotatable bonds is 3. The third-order valence-corrected chi connectivity index (χ3v) is 4.61. The van der Waals surface area contributed by atoms with E-state index in [1.54, 1.807) is 17.5 Å². The summed E-state index contributed by atoms with van der Waals surface area (Å²) < 4.78 is 2.02. The highest BCUT2D eigenvalue weighted by molar-refractivity contribution is 7.15. The largest absolute Gasteiger partial charge is 0.390 e. The maximum Gasteiger partial charge on any atom is 0.194 e. The van der Waals surface area contributed by atoms with Gasteiger partial charge in [0.1, 0.15) is 0 Å². The molecule has 0 amide bonds. The van der Waals surface area contributed by atoms with Gasteiger partial charge in [0, 0.05) is 5.38 Å². The summed E-state index contributed by atoms with van der Waals surface area (Å²) in [4.78, 5) is 5.23. The van der Waals surface area contributed by atoms with Crippen LogP contribution in [0, 0.1) is 0 Å². The van der Waals surface area contributed by atoms with Crippen LogP contribution in [0.25, 0.3) is 27.3 Å². The van der Waals surface area contributed by atoms with Gasteiger partial charge >= 0.3 is 0 Å². The van der Waals surface area contributed by atoms with Crippen molar-refractivity contribution in [2.45, 2.75) is 6.61 Å². The first-order valence-electron chi connectivity index (χ1n) is 7.07. The number of benzene rings is 2. The second-order valence-corrected chi connectivity index (χ2v) is 5.93. The van der Waals surface area contributed by atoms with Gasteiger partial charge < -0.3 is 5.11 Å². The minimum atomic E-state index is -0.00695. The number of thiazole rings is 1. The molecule has 0 bridgehead atoms. The minimum Gasteiger partial charge on any atom is -0.390 e. The SMILES string of the molecule is OCc1cnc2scc(-c3ccc(-c4ccccc4)cc3)n12. The van der Waals surface area contributed by atoms with Crippen LogP contribution < -0.4 is 0 Å². The first-order chi connectivity index (χ1) is 10.9. The molecule has 3 nitrogen and oxygen atoms in total. The normalized spacial score (nSPS) is 11.1. The van der Waals surface area contributed by atoms with Crippen molar-refractivity contribution in [2.24, 2.45) is 0 Å². The Balaban J connectivity index is 1.78. The fraction of sp³-hybridized carbons (Fsp3) is 0.0556. The number of imidazole rings is 1. The zero-order chi connectivity index (χ0) is 14.9. The number of nitrogens with zero attached hydrogens (tertiary/aromatic N) is 2.